The Balaban J connectivity index is 1.64. The van der Waals surface area contributed by atoms with Crippen LogP contribution < -0.4 is 0 Å². The van der Waals surface area contributed by atoms with Gasteiger partial charge in [0.05, 0.1) is 6.61 Å². The van der Waals surface area contributed by atoms with Gasteiger partial charge in [-0.3, -0.25) is 4.18 Å². The van der Waals surface area contributed by atoms with Crippen molar-refractivity contribution in [2.24, 2.45) is 17.3 Å². The second-order valence-corrected chi connectivity index (χ2v) is 11.4. The number of phenolic OH excluding ortho intramolecular Hbond substituents is 1. The molecule has 0 amide bonds. The zero-order valence-electron chi connectivity index (χ0n) is 18.8. The topological polar surface area (TPSA) is 91.8 Å². The average Bonchev–Trinajstić information content (AvgIpc) is 2.84. The van der Waals surface area contributed by atoms with Crippen molar-refractivity contribution in [3.05, 3.63) is 35.3 Å². The highest BCUT2D eigenvalue weighted by Gasteiger charge is 2.43. The van der Waals surface area contributed by atoms with E-state index in [0.717, 1.165) is 25.7 Å². The number of hydrogen-bond donors (Lipinski definition) is 1. The Morgan fingerprint density at radius 2 is 1.56 bits per heavy atom. The normalized spacial score (nSPS) is 19.1. The van der Waals surface area contributed by atoms with Crippen LogP contribution in [0.4, 0.5) is 5.69 Å². The minimum absolute atomic E-state index is 0.00450. The zero-order valence-corrected chi connectivity index (χ0v) is 19.6. The number of hydrogen-bond acceptors (Lipinski definition) is 5. The van der Waals surface area contributed by atoms with Gasteiger partial charge >= 0.3 is 5.69 Å². The van der Waals surface area contributed by atoms with Crippen molar-refractivity contribution in [2.45, 2.75) is 76.0 Å². The summed E-state index contributed by atoms with van der Waals surface area (Å²) in [6.45, 7) is 2.44. The number of rotatable bonds is 6. The summed E-state index contributed by atoms with van der Waals surface area (Å²) in [5.41, 5.74) is -0.168. The van der Waals surface area contributed by atoms with Crippen molar-refractivity contribution in [1.82, 2.24) is 0 Å². The van der Waals surface area contributed by atoms with Gasteiger partial charge in [0.2, 0.25) is 11.1 Å². The molecule has 2 aliphatic carbocycles. The Labute approximate surface area is 190 Å². The van der Waals surface area contributed by atoms with Gasteiger partial charge in [-0.15, -0.1) is 0 Å². The largest absolute Gasteiger partial charge is 0.501 e. The molecule has 0 heterocycles. The molecule has 2 fully saturated rings. The smallest absolute Gasteiger partial charge is 0.426 e. The Morgan fingerprint density at radius 1 is 0.969 bits per heavy atom. The Hall–Kier alpha value is -2.17. The van der Waals surface area contributed by atoms with Crippen molar-refractivity contribution in [2.75, 3.05) is 6.61 Å². The van der Waals surface area contributed by atoms with E-state index in [1.165, 1.54) is 50.7 Å². The molecule has 2 saturated carbocycles. The van der Waals surface area contributed by atoms with Gasteiger partial charge in [0.25, 0.3) is 10.1 Å². The minimum Gasteiger partial charge on any atom is -0.501 e. The molecule has 0 spiro atoms. The van der Waals surface area contributed by atoms with Crippen molar-refractivity contribution in [3.8, 4) is 5.75 Å². The summed E-state index contributed by atoms with van der Waals surface area (Å²) >= 11 is 0. The summed E-state index contributed by atoms with van der Waals surface area (Å²) in [6, 6.07) is 7.62. The molecule has 0 radical (unpaired) electrons. The third-order valence-electron chi connectivity index (χ3n) is 7.95. The molecule has 7 heteroatoms. The fourth-order valence-corrected chi connectivity index (χ4v) is 7.19. The van der Waals surface area contributed by atoms with E-state index in [1.54, 1.807) is 18.2 Å². The lowest BCUT2D eigenvalue weighted by atomic mass is 9.60. The van der Waals surface area contributed by atoms with Crippen molar-refractivity contribution >= 4 is 26.6 Å². The van der Waals surface area contributed by atoms with Crippen molar-refractivity contribution < 1.29 is 17.7 Å². The fourth-order valence-electron chi connectivity index (χ4n) is 5.96. The molecule has 4 rings (SSSR count). The van der Waals surface area contributed by atoms with Gasteiger partial charge < -0.3 is 5.11 Å². The third kappa shape index (κ3) is 4.35. The van der Waals surface area contributed by atoms with E-state index in [9.17, 15) is 13.5 Å². The van der Waals surface area contributed by atoms with E-state index in [1.807, 2.05) is 0 Å². The molecule has 0 bridgehead atoms. The van der Waals surface area contributed by atoms with E-state index in [2.05, 4.69) is 11.9 Å². The lowest BCUT2D eigenvalue weighted by molar-refractivity contribution is -0.00167. The molecular formula is C25H33N2O4S+. The van der Waals surface area contributed by atoms with Crippen LogP contribution in [0, 0.1) is 22.6 Å². The van der Waals surface area contributed by atoms with E-state index in [-0.39, 0.29) is 28.4 Å². The van der Waals surface area contributed by atoms with Gasteiger partial charge in [-0.1, -0.05) is 57.6 Å². The van der Waals surface area contributed by atoms with E-state index >= 15 is 0 Å². The van der Waals surface area contributed by atoms with Gasteiger partial charge in [0.1, 0.15) is 4.90 Å². The second kappa shape index (κ2) is 9.36. The summed E-state index contributed by atoms with van der Waals surface area (Å²) < 4.78 is 32.5. The first-order valence-electron chi connectivity index (χ1n) is 11.9. The molecule has 172 valence electrons. The van der Waals surface area contributed by atoms with E-state index in [0.29, 0.717) is 22.6 Å². The predicted octanol–water partition coefficient (Wildman–Crippen LogP) is 6.90. The maximum Gasteiger partial charge on any atom is 0.426 e. The Kier molecular flexibility index (Phi) is 6.73. The first kappa shape index (κ1) is 23.0. The van der Waals surface area contributed by atoms with Gasteiger partial charge in [-0.05, 0) is 55.1 Å². The molecule has 0 aromatic heterocycles. The maximum absolute atomic E-state index is 13.3. The van der Waals surface area contributed by atoms with Gasteiger partial charge in [-0.25, -0.2) is 0 Å². The second-order valence-electron chi connectivity index (χ2n) is 9.78. The van der Waals surface area contributed by atoms with Crippen LogP contribution in [0.5, 0.6) is 5.75 Å². The molecule has 2 aromatic carbocycles. The predicted molar refractivity (Wildman–Crippen MR) is 125 cm³/mol. The molecule has 0 aliphatic heterocycles. The maximum atomic E-state index is 13.3. The number of phenols is 1. The summed E-state index contributed by atoms with van der Waals surface area (Å²) in [6.07, 6.45) is 11.9. The van der Waals surface area contributed by atoms with Crippen LogP contribution in [0.25, 0.3) is 15.7 Å². The third-order valence-corrected chi connectivity index (χ3v) is 9.27. The molecule has 0 atom stereocenters. The first-order valence-corrected chi connectivity index (χ1v) is 13.3. The van der Waals surface area contributed by atoms with Crippen LogP contribution >= 0.6 is 0 Å². The molecule has 2 aromatic rings. The van der Waals surface area contributed by atoms with E-state index < -0.39 is 10.1 Å². The molecular weight excluding hydrogens is 424 g/mol. The Morgan fingerprint density at radius 3 is 2.12 bits per heavy atom. The van der Waals surface area contributed by atoms with Crippen LogP contribution in [0.15, 0.2) is 35.2 Å². The van der Waals surface area contributed by atoms with Crippen LogP contribution in [0.2, 0.25) is 0 Å². The van der Waals surface area contributed by atoms with Gasteiger partial charge in [0.15, 0.2) is 4.98 Å². The van der Waals surface area contributed by atoms with Crippen LogP contribution in [0.3, 0.4) is 0 Å². The first-order chi connectivity index (χ1) is 15.4. The van der Waals surface area contributed by atoms with Crippen molar-refractivity contribution in [1.29, 1.82) is 5.39 Å². The van der Waals surface area contributed by atoms with Gasteiger partial charge in [0, 0.05) is 16.8 Å². The summed E-state index contributed by atoms with van der Waals surface area (Å²) in [5.74, 6) is 0.718. The number of nitrogens with zero attached hydrogens (tertiary/aromatic N) is 2. The lowest BCUT2D eigenvalue weighted by Gasteiger charge is -2.46. The minimum atomic E-state index is -4.04. The molecule has 6 nitrogen and oxygen atoms in total. The highest BCUT2D eigenvalue weighted by atomic mass is 32.2. The SMILES string of the molecule is CC(COS(=O)(=O)c1cccc2c(O)c([N+]#N)ccc12)(C1CCCCC1)C1CCCCC1. The van der Waals surface area contributed by atoms with Crippen molar-refractivity contribution in [3.63, 3.8) is 0 Å². The quantitative estimate of drug-likeness (QED) is 0.376. The Bertz CT molecular complexity index is 1090. The molecule has 32 heavy (non-hydrogen) atoms. The van der Waals surface area contributed by atoms with Crippen LogP contribution in [-0.4, -0.2) is 20.1 Å². The zero-order chi connectivity index (χ0) is 22.8. The van der Waals surface area contributed by atoms with Crippen LogP contribution in [-0.2, 0) is 14.3 Å². The molecule has 0 unspecified atom stereocenters. The number of benzene rings is 2. The van der Waals surface area contributed by atoms with Gasteiger partial charge in [-0.2, -0.15) is 8.42 Å². The van der Waals surface area contributed by atoms with E-state index in [4.69, 9.17) is 9.58 Å². The number of diazo groups is 1. The highest BCUT2D eigenvalue weighted by Crippen LogP contribution is 2.49. The number of fused-ring (bicyclic) bond motifs is 1. The highest BCUT2D eigenvalue weighted by molar-refractivity contribution is 7.87. The average molecular weight is 458 g/mol. The molecule has 2 aliphatic rings. The summed E-state index contributed by atoms with van der Waals surface area (Å²) in [4.78, 5) is 3.09. The molecule has 0 saturated heterocycles. The summed E-state index contributed by atoms with van der Waals surface area (Å²) in [7, 11) is -4.04. The standard InChI is InChI=1S/C25H32N2O4S/c1-25(18-9-4-2-5-10-18,19-11-6-3-7-12-19)17-31-32(29,30)23-14-8-13-21-20(23)15-16-22(27-26)24(21)28/h8,13-16,18-19H,2-7,9-12,17H2,1H3/p+1. The lowest BCUT2D eigenvalue weighted by Crippen LogP contribution is -2.42. The summed E-state index contributed by atoms with van der Waals surface area (Å²) in [5, 5.41) is 20.1. The molecule has 1 N–H and O–H groups in total. The monoisotopic (exact) mass is 457 g/mol. The van der Waals surface area contributed by atoms with Crippen LogP contribution in [0.1, 0.15) is 71.1 Å². The fraction of sp³-hybridized carbons (Fsp3) is 0.600. The number of aromatic hydroxyl groups is 1.